The van der Waals surface area contributed by atoms with Crippen molar-refractivity contribution in [3.63, 3.8) is 0 Å². The lowest BCUT2D eigenvalue weighted by Crippen LogP contribution is -2.15. The summed E-state index contributed by atoms with van der Waals surface area (Å²) in [6.45, 7) is 0. The number of aromatic carboxylic acids is 1. The number of benzene rings is 1. The molecule has 0 spiro atoms. The summed E-state index contributed by atoms with van der Waals surface area (Å²) in [5.74, 6) is -3.93. The maximum atomic E-state index is 13.5. The Morgan fingerprint density at radius 3 is 2.55 bits per heavy atom. The van der Waals surface area contributed by atoms with E-state index in [4.69, 9.17) is 5.11 Å². The topological polar surface area (TPSA) is 97.7 Å². The highest BCUT2D eigenvalue weighted by atomic mass is 32.2. The van der Waals surface area contributed by atoms with Crippen molar-refractivity contribution >= 4 is 21.8 Å². The van der Waals surface area contributed by atoms with Crippen LogP contribution in [0.1, 0.15) is 22.3 Å². The molecule has 0 aliphatic heterocycles. The van der Waals surface area contributed by atoms with Gasteiger partial charge in [0.2, 0.25) is 0 Å². The van der Waals surface area contributed by atoms with Crippen molar-refractivity contribution in [1.29, 1.82) is 0 Å². The van der Waals surface area contributed by atoms with E-state index in [1.807, 2.05) is 0 Å². The zero-order valence-electron chi connectivity index (χ0n) is 10.6. The largest absolute Gasteiger partial charge is 0.478 e. The molecule has 1 N–H and O–H groups in total. The van der Waals surface area contributed by atoms with E-state index in [1.165, 1.54) is 0 Å². The quantitative estimate of drug-likeness (QED) is 0.787. The maximum absolute atomic E-state index is 13.5. The summed E-state index contributed by atoms with van der Waals surface area (Å²) < 4.78 is 41.3. The smallest absolute Gasteiger partial charge is 0.335 e. The molecule has 6 nitrogen and oxygen atoms in total. The van der Waals surface area contributed by atoms with Gasteiger partial charge in [0.1, 0.15) is 5.82 Å². The van der Waals surface area contributed by atoms with Gasteiger partial charge in [0.25, 0.3) is 0 Å². The number of methoxy groups -OCH3 is 1. The van der Waals surface area contributed by atoms with E-state index in [2.05, 4.69) is 4.74 Å². The second-order valence-electron chi connectivity index (χ2n) is 4.03. The first-order valence-corrected chi connectivity index (χ1v) is 7.36. The van der Waals surface area contributed by atoms with Crippen LogP contribution in [0.2, 0.25) is 0 Å². The van der Waals surface area contributed by atoms with Gasteiger partial charge in [0, 0.05) is 5.56 Å². The number of carbonyl (C=O) groups is 2. The number of rotatable bonds is 6. The first kappa shape index (κ1) is 16.1. The summed E-state index contributed by atoms with van der Waals surface area (Å²) in [6.07, 6.45) is -0.334. The first-order valence-electron chi connectivity index (χ1n) is 5.54. The Labute approximate surface area is 115 Å². The monoisotopic (exact) mass is 304 g/mol. The Balaban J connectivity index is 2.89. The van der Waals surface area contributed by atoms with Crippen molar-refractivity contribution in [2.75, 3.05) is 12.9 Å². The molecule has 0 unspecified atom stereocenters. The summed E-state index contributed by atoms with van der Waals surface area (Å²) >= 11 is 0. The van der Waals surface area contributed by atoms with Crippen LogP contribution in [0.3, 0.4) is 0 Å². The molecule has 0 heterocycles. The predicted octanol–water partition coefficient (Wildman–Crippen LogP) is 1.00. The average Bonchev–Trinajstić information content (AvgIpc) is 2.38. The minimum absolute atomic E-state index is 0.204. The Morgan fingerprint density at radius 2 is 2.00 bits per heavy atom. The molecule has 0 radical (unpaired) electrons. The van der Waals surface area contributed by atoms with Crippen LogP contribution in [0.25, 0.3) is 0 Å². The van der Waals surface area contributed by atoms with Crippen molar-refractivity contribution < 1.29 is 32.2 Å². The summed E-state index contributed by atoms with van der Waals surface area (Å²) in [5.41, 5.74) is -0.445. The maximum Gasteiger partial charge on any atom is 0.335 e. The first-order chi connectivity index (χ1) is 9.25. The fourth-order valence-corrected chi connectivity index (χ4v) is 2.79. The van der Waals surface area contributed by atoms with E-state index in [0.29, 0.717) is 0 Å². The standard InChI is InChI=1S/C12H13FO6S/c1-19-11(14)4-5-20(17,18)7-9-6-8(12(15)16)2-3-10(9)13/h2-3,6H,4-5,7H2,1H3,(H,15,16). The molecule has 0 aliphatic carbocycles. The Bertz CT molecular complexity index is 623. The highest BCUT2D eigenvalue weighted by Gasteiger charge is 2.18. The number of ether oxygens (including phenoxy) is 1. The van der Waals surface area contributed by atoms with E-state index in [-0.39, 0.29) is 17.5 Å². The molecule has 0 amide bonds. The van der Waals surface area contributed by atoms with Crippen LogP contribution < -0.4 is 0 Å². The van der Waals surface area contributed by atoms with Crippen LogP contribution in [0.15, 0.2) is 18.2 Å². The SMILES string of the molecule is COC(=O)CCS(=O)(=O)Cc1cc(C(=O)O)ccc1F. The van der Waals surface area contributed by atoms with Crippen LogP contribution >= 0.6 is 0 Å². The molecule has 1 aromatic carbocycles. The number of esters is 1. The van der Waals surface area contributed by atoms with Gasteiger partial charge < -0.3 is 9.84 Å². The van der Waals surface area contributed by atoms with Crippen LogP contribution in [-0.2, 0) is 25.1 Å². The number of hydrogen-bond donors (Lipinski definition) is 1. The molecule has 0 saturated heterocycles. The van der Waals surface area contributed by atoms with Gasteiger partial charge in [-0.05, 0) is 18.2 Å². The molecule has 0 fully saturated rings. The molecule has 110 valence electrons. The summed E-state index contributed by atoms with van der Waals surface area (Å²) in [6, 6.07) is 2.91. The molecule has 0 bridgehead atoms. The molecule has 20 heavy (non-hydrogen) atoms. The van der Waals surface area contributed by atoms with Crippen molar-refractivity contribution in [2.24, 2.45) is 0 Å². The number of hydrogen-bond acceptors (Lipinski definition) is 5. The van der Waals surface area contributed by atoms with Crippen molar-refractivity contribution in [3.05, 3.63) is 35.1 Å². The number of carboxylic acids is 1. The van der Waals surface area contributed by atoms with Gasteiger partial charge in [-0.2, -0.15) is 0 Å². The van der Waals surface area contributed by atoms with Gasteiger partial charge in [0.15, 0.2) is 9.84 Å². The summed E-state index contributed by atoms with van der Waals surface area (Å²) in [5, 5.41) is 8.77. The summed E-state index contributed by atoms with van der Waals surface area (Å²) in [4.78, 5) is 21.6. The zero-order valence-corrected chi connectivity index (χ0v) is 11.4. The fraction of sp³-hybridized carbons (Fsp3) is 0.333. The van der Waals surface area contributed by atoms with E-state index >= 15 is 0 Å². The summed E-state index contributed by atoms with van der Waals surface area (Å²) in [7, 11) is -2.61. The molecular weight excluding hydrogens is 291 g/mol. The van der Waals surface area contributed by atoms with Crippen LogP contribution in [0, 0.1) is 5.82 Å². The van der Waals surface area contributed by atoms with Gasteiger partial charge in [0.05, 0.1) is 30.6 Å². The van der Waals surface area contributed by atoms with Crippen molar-refractivity contribution in [1.82, 2.24) is 0 Å². The lowest BCUT2D eigenvalue weighted by molar-refractivity contribution is -0.140. The van der Waals surface area contributed by atoms with Gasteiger partial charge in [-0.25, -0.2) is 17.6 Å². The predicted molar refractivity (Wildman–Crippen MR) is 67.5 cm³/mol. The molecule has 0 aromatic heterocycles. The Morgan fingerprint density at radius 1 is 1.35 bits per heavy atom. The lowest BCUT2D eigenvalue weighted by Gasteiger charge is -2.06. The Hall–Kier alpha value is -1.96. The number of sulfone groups is 1. The second kappa shape index (κ2) is 6.47. The minimum atomic E-state index is -3.74. The Kier molecular flexibility index (Phi) is 5.20. The second-order valence-corrected chi connectivity index (χ2v) is 6.21. The van der Waals surface area contributed by atoms with Crippen molar-refractivity contribution in [3.8, 4) is 0 Å². The van der Waals surface area contributed by atoms with Crippen molar-refractivity contribution in [2.45, 2.75) is 12.2 Å². The zero-order chi connectivity index (χ0) is 15.3. The molecule has 1 rings (SSSR count). The molecule has 8 heteroatoms. The highest BCUT2D eigenvalue weighted by Crippen LogP contribution is 2.15. The molecule has 0 atom stereocenters. The number of carbonyl (C=O) groups excluding carboxylic acids is 1. The van der Waals surface area contributed by atoms with E-state index < -0.39 is 39.1 Å². The average molecular weight is 304 g/mol. The number of halogens is 1. The van der Waals surface area contributed by atoms with Gasteiger partial charge in [-0.1, -0.05) is 0 Å². The minimum Gasteiger partial charge on any atom is -0.478 e. The molecular formula is C12H13FO6S. The molecule has 0 saturated carbocycles. The third-order valence-electron chi connectivity index (χ3n) is 2.51. The van der Waals surface area contributed by atoms with Gasteiger partial charge in [-0.3, -0.25) is 4.79 Å². The van der Waals surface area contributed by atoms with E-state index in [0.717, 1.165) is 25.3 Å². The molecule has 0 aliphatic rings. The number of carboxylic acid groups (broad SMARTS) is 1. The third-order valence-corrected chi connectivity index (χ3v) is 4.09. The van der Waals surface area contributed by atoms with Crippen LogP contribution in [0.5, 0.6) is 0 Å². The fourth-order valence-electron chi connectivity index (χ4n) is 1.47. The van der Waals surface area contributed by atoms with Crippen LogP contribution in [-0.4, -0.2) is 38.3 Å². The van der Waals surface area contributed by atoms with Gasteiger partial charge >= 0.3 is 11.9 Å². The van der Waals surface area contributed by atoms with E-state index in [9.17, 15) is 22.4 Å². The van der Waals surface area contributed by atoms with Gasteiger partial charge in [-0.15, -0.1) is 0 Å². The normalized spacial score (nSPS) is 11.1. The molecule has 1 aromatic rings. The van der Waals surface area contributed by atoms with Crippen LogP contribution in [0.4, 0.5) is 4.39 Å². The lowest BCUT2D eigenvalue weighted by atomic mass is 10.1. The highest BCUT2D eigenvalue weighted by molar-refractivity contribution is 7.90. The third kappa shape index (κ3) is 4.61. The van der Waals surface area contributed by atoms with E-state index in [1.54, 1.807) is 0 Å².